The fourth-order valence-electron chi connectivity index (χ4n) is 4.93. The van der Waals surface area contributed by atoms with E-state index in [1.165, 1.54) is 22.7 Å². The summed E-state index contributed by atoms with van der Waals surface area (Å²) in [6, 6.07) is -0.652. The van der Waals surface area contributed by atoms with Gasteiger partial charge in [-0.2, -0.15) is 0 Å². The van der Waals surface area contributed by atoms with Crippen LogP contribution in [0.3, 0.4) is 0 Å². The molecular formula is C23H33FN2O7S. The van der Waals surface area contributed by atoms with E-state index in [9.17, 15) is 29.0 Å². The molecule has 0 aromatic carbocycles. The van der Waals surface area contributed by atoms with Crippen molar-refractivity contribution in [2.24, 2.45) is 11.8 Å². The van der Waals surface area contributed by atoms with Gasteiger partial charge in [-0.15, -0.1) is 11.8 Å². The molecule has 3 aliphatic rings. The van der Waals surface area contributed by atoms with Gasteiger partial charge in [0.1, 0.15) is 12.3 Å². The van der Waals surface area contributed by atoms with E-state index in [4.69, 9.17) is 9.47 Å². The second-order valence-electron chi connectivity index (χ2n) is 8.89. The number of carboxylic acids is 1. The number of alkyl halides is 1. The first kappa shape index (κ1) is 26.5. The fourth-order valence-corrected chi connectivity index (χ4v) is 6.49. The number of carbonyl (C=O) groups excluding carboxylic acids is 2. The lowest BCUT2D eigenvalue weighted by Crippen LogP contribution is -2.63. The van der Waals surface area contributed by atoms with Crippen molar-refractivity contribution in [1.29, 1.82) is 0 Å². The summed E-state index contributed by atoms with van der Waals surface area (Å²) in [7, 11) is 0. The minimum absolute atomic E-state index is 0.0314. The Hall–Kier alpha value is -2.11. The molecule has 0 spiro atoms. The summed E-state index contributed by atoms with van der Waals surface area (Å²) < 4.78 is 23.2. The van der Waals surface area contributed by atoms with Crippen molar-refractivity contribution in [3.63, 3.8) is 0 Å². The van der Waals surface area contributed by atoms with Gasteiger partial charge in [0.05, 0.1) is 37.4 Å². The zero-order valence-corrected chi connectivity index (χ0v) is 20.3. The van der Waals surface area contributed by atoms with Crippen molar-refractivity contribution in [3.05, 3.63) is 23.3 Å². The van der Waals surface area contributed by atoms with E-state index < -0.39 is 30.8 Å². The normalized spacial score (nSPS) is 29.2. The van der Waals surface area contributed by atoms with Gasteiger partial charge in [-0.1, -0.05) is 19.6 Å². The van der Waals surface area contributed by atoms with Crippen LogP contribution in [-0.2, 0) is 19.1 Å². The van der Waals surface area contributed by atoms with Crippen LogP contribution in [0, 0.1) is 11.8 Å². The molecule has 34 heavy (non-hydrogen) atoms. The molecule has 2 N–H and O–H groups in total. The number of unbranched alkanes of at least 4 members (excludes halogenated alkanes) is 1. The first-order valence-corrected chi connectivity index (χ1v) is 12.4. The number of aliphatic carboxylic acids is 1. The van der Waals surface area contributed by atoms with Crippen LogP contribution < -0.4 is 0 Å². The van der Waals surface area contributed by atoms with E-state index in [1.807, 2.05) is 6.92 Å². The highest BCUT2D eigenvalue weighted by molar-refractivity contribution is 8.03. The SMILES string of the molecule is C=CCOC(=O)N1C[C@@H](SC2=C(C(=O)O)N3C(=O)[C@H]([C@@H](C)O)[C@H]3[C@H]2C)C[C@H]1COCCCCF. The zero-order valence-electron chi connectivity index (χ0n) is 19.5. The number of hydrogen-bond acceptors (Lipinski definition) is 7. The predicted octanol–water partition coefficient (Wildman–Crippen LogP) is 2.41. The summed E-state index contributed by atoms with van der Waals surface area (Å²) in [6.45, 7) is 7.62. The average Bonchev–Trinajstić information content (AvgIpc) is 3.29. The Balaban J connectivity index is 1.73. The van der Waals surface area contributed by atoms with Crippen LogP contribution in [0.1, 0.15) is 33.1 Å². The second-order valence-corrected chi connectivity index (χ2v) is 10.2. The van der Waals surface area contributed by atoms with Crippen LogP contribution in [0.15, 0.2) is 23.3 Å². The van der Waals surface area contributed by atoms with Crippen LogP contribution in [0.25, 0.3) is 0 Å². The third-order valence-corrected chi connectivity index (χ3v) is 8.02. The Morgan fingerprint density at radius 2 is 2.12 bits per heavy atom. The summed E-state index contributed by atoms with van der Waals surface area (Å²) >= 11 is 1.37. The van der Waals surface area contributed by atoms with E-state index in [1.54, 1.807) is 11.8 Å². The topological polar surface area (TPSA) is 117 Å². The number of fused-ring (bicyclic) bond motifs is 1. The standard InChI is InChI=1S/C23H33FN2O7S/c1-4-8-33-23(31)25-11-16(10-15(25)12-32-9-6-5-7-24)34-20-13(2)18-17(14(3)27)21(28)26(18)19(20)22(29)30/h4,13-18,27H,1,5-12H2,2-3H3,(H,29,30)/t13-,14-,15+,16+,17-,18-/m1/s1. The van der Waals surface area contributed by atoms with E-state index in [0.717, 1.165) is 0 Å². The van der Waals surface area contributed by atoms with Crippen LogP contribution >= 0.6 is 11.8 Å². The van der Waals surface area contributed by atoms with Crippen LogP contribution in [0.2, 0.25) is 0 Å². The van der Waals surface area contributed by atoms with Gasteiger partial charge in [0.2, 0.25) is 5.91 Å². The van der Waals surface area contributed by atoms with Crippen molar-refractivity contribution in [3.8, 4) is 0 Å². The largest absolute Gasteiger partial charge is 0.477 e. The summed E-state index contributed by atoms with van der Waals surface area (Å²) in [5.41, 5.74) is -0.0314. The first-order valence-electron chi connectivity index (χ1n) is 11.6. The van der Waals surface area contributed by atoms with E-state index in [2.05, 4.69) is 6.58 Å². The smallest absolute Gasteiger partial charge is 0.410 e. The highest BCUT2D eigenvalue weighted by atomic mass is 32.2. The molecule has 0 radical (unpaired) electrons. The Morgan fingerprint density at radius 1 is 1.38 bits per heavy atom. The molecule has 0 bridgehead atoms. The Kier molecular flexibility index (Phi) is 9.00. The van der Waals surface area contributed by atoms with Gasteiger partial charge in [-0.05, 0) is 26.2 Å². The lowest BCUT2D eigenvalue weighted by atomic mass is 9.79. The van der Waals surface area contributed by atoms with E-state index in [0.29, 0.717) is 37.3 Å². The fraction of sp³-hybridized carbons (Fsp3) is 0.696. The minimum Gasteiger partial charge on any atom is -0.477 e. The molecule has 3 aliphatic heterocycles. The second kappa shape index (κ2) is 11.5. The lowest BCUT2D eigenvalue weighted by Gasteiger charge is -2.46. The van der Waals surface area contributed by atoms with Gasteiger partial charge < -0.3 is 29.5 Å². The molecule has 0 saturated carbocycles. The number of hydrogen-bond donors (Lipinski definition) is 2. The lowest BCUT2D eigenvalue weighted by molar-refractivity contribution is -0.163. The molecule has 0 unspecified atom stereocenters. The molecule has 2 fully saturated rings. The minimum atomic E-state index is -1.18. The summed E-state index contributed by atoms with van der Waals surface area (Å²) in [6.07, 6.45) is 1.68. The molecule has 2 amide bonds. The number of carboxylic acid groups (broad SMARTS) is 1. The van der Waals surface area contributed by atoms with Gasteiger partial charge in [0.25, 0.3) is 0 Å². The third kappa shape index (κ3) is 5.26. The molecule has 9 nitrogen and oxygen atoms in total. The number of amides is 2. The number of aliphatic hydroxyl groups excluding tert-OH is 1. The molecule has 11 heteroatoms. The molecule has 190 valence electrons. The number of likely N-dealkylation sites (tertiary alicyclic amines) is 1. The summed E-state index contributed by atoms with van der Waals surface area (Å²) in [4.78, 5) is 40.7. The Bertz CT molecular complexity index is 836. The van der Waals surface area contributed by atoms with Crippen molar-refractivity contribution in [2.45, 2.75) is 56.5 Å². The summed E-state index contributed by atoms with van der Waals surface area (Å²) in [5.74, 6) is -2.42. The van der Waals surface area contributed by atoms with Gasteiger partial charge in [-0.25, -0.2) is 9.59 Å². The van der Waals surface area contributed by atoms with Gasteiger partial charge >= 0.3 is 12.1 Å². The number of aliphatic hydroxyl groups is 1. The molecule has 0 aromatic heterocycles. The summed E-state index contributed by atoms with van der Waals surface area (Å²) in [5, 5.41) is 19.7. The van der Waals surface area contributed by atoms with Gasteiger partial charge in [-0.3, -0.25) is 9.18 Å². The monoisotopic (exact) mass is 500 g/mol. The number of halogens is 1. The van der Waals surface area contributed by atoms with Crippen molar-refractivity contribution in [2.75, 3.05) is 33.0 Å². The maximum absolute atomic E-state index is 12.6. The number of ether oxygens (including phenoxy) is 2. The number of rotatable bonds is 12. The quantitative estimate of drug-likeness (QED) is 0.238. The molecule has 2 saturated heterocycles. The molecule has 3 rings (SSSR count). The average molecular weight is 501 g/mol. The highest BCUT2D eigenvalue weighted by Gasteiger charge is 2.60. The Morgan fingerprint density at radius 3 is 2.74 bits per heavy atom. The number of nitrogens with zero attached hydrogens (tertiary/aromatic N) is 2. The number of β-lactam (4-membered cyclic amide) rings is 1. The maximum atomic E-state index is 12.6. The van der Waals surface area contributed by atoms with Crippen molar-refractivity contribution >= 4 is 29.7 Å². The van der Waals surface area contributed by atoms with Crippen molar-refractivity contribution < 1.29 is 38.5 Å². The number of carbonyl (C=O) groups is 3. The van der Waals surface area contributed by atoms with E-state index in [-0.39, 0.29) is 48.1 Å². The number of thioether (sulfide) groups is 1. The molecule has 6 atom stereocenters. The molecule has 0 aromatic rings. The van der Waals surface area contributed by atoms with Crippen LogP contribution in [0.4, 0.5) is 9.18 Å². The molecular weight excluding hydrogens is 467 g/mol. The van der Waals surface area contributed by atoms with Crippen LogP contribution in [0.5, 0.6) is 0 Å². The van der Waals surface area contributed by atoms with Gasteiger partial charge in [0, 0.05) is 29.2 Å². The Labute approximate surface area is 202 Å². The van der Waals surface area contributed by atoms with E-state index >= 15 is 0 Å². The molecule has 0 aliphatic carbocycles. The van der Waals surface area contributed by atoms with Crippen LogP contribution in [-0.4, -0.2) is 94.5 Å². The first-order chi connectivity index (χ1) is 16.2. The molecule has 3 heterocycles. The highest BCUT2D eigenvalue weighted by Crippen LogP contribution is 2.52. The maximum Gasteiger partial charge on any atom is 0.410 e. The predicted molar refractivity (Wildman–Crippen MR) is 124 cm³/mol. The third-order valence-electron chi connectivity index (χ3n) is 6.52. The van der Waals surface area contributed by atoms with Crippen molar-refractivity contribution in [1.82, 2.24) is 9.80 Å². The zero-order chi connectivity index (χ0) is 25.0. The van der Waals surface area contributed by atoms with Gasteiger partial charge in [0.15, 0.2) is 0 Å².